The average molecular weight is 352 g/mol. The van der Waals surface area contributed by atoms with Crippen molar-refractivity contribution in [3.63, 3.8) is 0 Å². The van der Waals surface area contributed by atoms with Gasteiger partial charge >= 0.3 is 0 Å². The van der Waals surface area contributed by atoms with E-state index < -0.39 is 4.92 Å². The molecule has 0 fully saturated rings. The van der Waals surface area contributed by atoms with E-state index in [-0.39, 0.29) is 18.1 Å². The number of aromatic nitrogens is 4. The summed E-state index contributed by atoms with van der Waals surface area (Å²) in [6.45, 7) is 4.14. The van der Waals surface area contributed by atoms with Gasteiger partial charge in [0.15, 0.2) is 5.82 Å². The fraction of sp³-hybridized carbons (Fsp3) is 0.176. The molecule has 0 aliphatic heterocycles. The first kappa shape index (κ1) is 17.2. The normalized spacial score (nSPS) is 10.5. The van der Waals surface area contributed by atoms with Crippen LogP contribution in [0.5, 0.6) is 0 Å². The third kappa shape index (κ3) is 3.56. The van der Waals surface area contributed by atoms with Crippen LogP contribution >= 0.6 is 0 Å². The van der Waals surface area contributed by atoms with Crippen molar-refractivity contribution in [3.8, 4) is 5.69 Å². The van der Waals surface area contributed by atoms with Gasteiger partial charge in [-0.15, -0.1) is 5.10 Å². The molecule has 2 aromatic carbocycles. The van der Waals surface area contributed by atoms with Crippen LogP contribution in [0.4, 0.5) is 5.69 Å². The molecule has 1 aromatic heterocycles. The number of nitrogens with zero attached hydrogens (tertiary/aromatic N) is 5. The summed E-state index contributed by atoms with van der Waals surface area (Å²) in [6.07, 6.45) is 0. The minimum absolute atomic E-state index is 0.0692. The molecule has 1 N–H and O–H groups in total. The molecule has 0 spiro atoms. The number of amides is 1. The van der Waals surface area contributed by atoms with E-state index in [0.717, 1.165) is 16.8 Å². The van der Waals surface area contributed by atoms with E-state index in [4.69, 9.17) is 0 Å². The van der Waals surface area contributed by atoms with Crippen LogP contribution in [-0.2, 0) is 6.54 Å². The minimum Gasteiger partial charge on any atom is -0.345 e. The molecule has 9 nitrogen and oxygen atoms in total. The number of nitro benzene ring substituents is 1. The van der Waals surface area contributed by atoms with Crippen molar-refractivity contribution in [1.29, 1.82) is 0 Å². The molecule has 0 unspecified atom stereocenters. The highest BCUT2D eigenvalue weighted by Gasteiger charge is 2.13. The van der Waals surface area contributed by atoms with Gasteiger partial charge in [0.05, 0.1) is 17.2 Å². The molecule has 1 heterocycles. The maximum atomic E-state index is 12.2. The molecular weight excluding hydrogens is 336 g/mol. The Morgan fingerprint density at radius 1 is 1.15 bits per heavy atom. The number of non-ortho nitro benzene ring substituents is 1. The first-order valence-electron chi connectivity index (χ1n) is 7.83. The van der Waals surface area contributed by atoms with E-state index >= 15 is 0 Å². The molecule has 0 aliphatic rings. The second kappa shape index (κ2) is 7.09. The zero-order valence-corrected chi connectivity index (χ0v) is 14.2. The second-order valence-corrected chi connectivity index (χ2v) is 5.76. The van der Waals surface area contributed by atoms with E-state index in [1.165, 1.54) is 24.3 Å². The summed E-state index contributed by atoms with van der Waals surface area (Å²) in [7, 11) is 0. The summed E-state index contributed by atoms with van der Waals surface area (Å²) in [5, 5.41) is 25.0. The van der Waals surface area contributed by atoms with E-state index in [9.17, 15) is 14.9 Å². The minimum atomic E-state index is -0.514. The highest BCUT2D eigenvalue weighted by molar-refractivity contribution is 5.94. The van der Waals surface area contributed by atoms with Crippen LogP contribution in [0.3, 0.4) is 0 Å². The van der Waals surface area contributed by atoms with Gasteiger partial charge in [0.2, 0.25) is 0 Å². The Morgan fingerprint density at radius 3 is 2.54 bits per heavy atom. The Bertz CT molecular complexity index is 965. The van der Waals surface area contributed by atoms with Crippen molar-refractivity contribution in [2.24, 2.45) is 0 Å². The van der Waals surface area contributed by atoms with Crippen LogP contribution in [0.15, 0.2) is 42.5 Å². The molecular formula is C17H16N6O3. The van der Waals surface area contributed by atoms with Gasteiger partial charge in [-0.2, -0.15) is 4.68 Å². The number of nitro groups is 1. The van der Waals surface area contributed by atoms with Gasteiger partial charge in [-0.05, 0) is 59.7 Å². The Labute approximate surface area is 148 Å². The monoisotopic (exact) mass is 352 g/mol. The van der Waals surface area contributed by atoms with Crippen molar-refractivity contribution in [2.45, 2.75) is 20.4 Å². The van der Waals surface area contributed by atoms with Crippen LogP contribution in [0.2, 0.25) is 0 Å². The van der Waals surface area contributed by atoms with Crippen molar-refractivity contribution in [1.82, 2.24) is 25.5 Å². The van der Waals surface area contributed by atoms with Crippen LogP contribution in [0.1, 0.15) is 27.3 Å². The maximum Gasteiger partial charge on any atom is 0.269 e. The fourth-order valence-electron chi connectivity index (χ4n) is 2.37. The molecule has 0 saturated heterocycles. The lowest BCUT2D eigenvalue weighted by Crippen LogP contribution is -2.24. The third-order valence-corrected chi connectivity index (χ3v) is 4.02. The van der Waals surface area contributed by atoms with Gasteiger partial charge in [0.1, 0.15) is 0 Å². The van der Waals surface area contributed by atoms with Crippen molar-refractivity contribution in [2.75, 3.05) is 0 Å². The first-order chi connectivity index (χ1) is 12.5. The quantitative estimate of drug-likeness (QED) is 0.555. The molecule has 1 amide bonds. The molecule has 3 rings (SSSR count). The van der Waals surface area contributed by atoms with Gasteiger partial charge in [-0.3, -0.25) is 14.9 Å². The van der Waals surface area contributed by atoms with Crippen LogP contribution in [0.25, 0.3) is 5.69 Å². The highest BCUT2D eigenvalue weighted by Crippen LogP contribution is 2.14. The SMILES string of the molecule is Cc1ccc(-n2nnnc2CNC(=O)c2ccc([N+](=O)[O-])cc2)cc1C. The van der Waals surface area contributed by atoms with Gasteiger partial charge in [0, 0.05) is 17.7 Å². The number of rotatable bonds is 5. The Morgan fingerprint density at radius 2 is 1.88 bits per heavy atom. The molecule has 0 atom stereocenters. The average Bonchev–Trinajstić information content (AvgIpc) is 3.10. The molecule has 0 bridgehead atoms. The van der Waals surface area contributed by atoms with E-state index in [1.54, 1.807) is 4.68 Å². The van der Waals surface area contributed by atoms with E-state index in [0.29, 0.717) is 11.4 Å². The second-order valence-electron chi connectivity index (χ2n) is 5.76. The lowest BCUT2D eigenvalue weighted by atomic mass is 10.1. The first-order valence-corrected chi connectivity index (χ1v) is 7.83. The molecule has 3 aromatic rings. The summed E-state index contributed by atoms with van der Waals surface area (Å²) in [4.78, 5) is 22.4. The predicted molar refractivity (Wildman–Crippen MR) is 92.9 cm³/mol. The largest absolute Gasteiger partial charge is 0.345 e. The number of hydrogen-bond acceptors (Lipinski definition) is 6. The van der Waals surface area contributed by atoms with Crippen LogP contribution in [0, 0.1) is 24.0 Å². The zero-order chi connectivity index (χ0) is 18.7. The van der Waals surface area contributed by atoms with Gasteiger partial charge in [-0.25, -0.2) is 0 Å². The number of aryl methyl sites for hydroxylation is 2. The topological polar surface area (TPSA) is 116 Å². The number of tetrazole rings is 1. The predicted octanol–water partition coefficient (Wildman–Crippen LogP) is 2.12. The molecule has 0 radical (unpaired) electrons. The lowest BCUT2D eigenvalue weighted by molar-refractivity contribution is -0.384. The summed E-state index contributed by atoms with van der Waals surface area (Å²) in [5.41, 5.74) is 3.33. The Kier molecular flexibility index (Phi) is 4.70. The van der Waals surface area contributed by atoms with Crippen LogP contribution in [-0.4, -0.2) is 31.0 Å². The summed E-state index contributed by atoms with van der Waals surface area (Å²) >= 11 is 0. The summed E-state index contributed by atoms with van der Waals surface area (Å²) in [6, 6.07) is 11.2. The molecule has 132 valence electrons. The molecule has 26 heavy (non-hydrogen) atoms. The summed E-state index contributed by atoms with van der Waals surface area (Å²) < 4.78 is 1.56. The Hall–Kier alpha value is -3.62. The van der Waals surface area contributed by atoms with Crippen molar-refractivity contribution >= 4 is 11.6 Å². The maximum absolute atomic E-state index is 12.2. The number of carbonyl (C=O) groups is 1. The molecule has 9 heteroatoms. The van der Waals surface area contributed by atoms with E-state index in [2.05, 4.69) is 20.8 Å². The zero-order valence-electron chi connectivity index (χ0n) is 14.2. The number of carbonyl (C=O) groups excluding carboxylic acids is 1. The lowest BCUT2D eigenvalue weighted by Gasteiger charge is -2.08. The third-order valence-electron chi connectivity index (χ3n) is 4.02. The fourth-order valence-corrected chi connectivity index (χ4v) is 2.37. The van der Waals surface area contributed by atoms with Gasteiger partial charge in [-0.1, -0.05) is 6.07 Å². The van der Waals surface area contributed by atoms with Crippen molar-refractivity contribution in [3.05, 3.63) is 75.1 Å². The van der Waals surface area contributed by atoms with Crippen LogP contribution < -0.4 is 5.32 Å². The summed E-state index contributed by atoms with van der Waals surface area (Å²) in [5.74, 6) is 0.109. The number of benzene rings is 2. The van der Waals surface area contributed by atoms with Crippen molar-refractivity contribution < 1.29 is 9.72 Å². The standard InChI is InChI=1S/C17H16N6O3/c1-11-3-6-15(9-12(11)2)22-16(19-20-21-22)10-18-17(24)13-4-7-14(8-5-13)23(25)26/h3-9H,10H2,1-2H3,(H,18,24). The Balaban J connectivity index is 1.72. The smallest absolute Gasteiger partial charge is 0.269 e. The molecule has 0 saturated carbocycles. The van der Waals surface area contributed by atoms with E-state index in [1.807, 2.05) is 32.0 Å². The highest BCUT2D eigenvalue weighted by atomic mass is 16.6. The number of nitrogens with one attached hydrogen (secondary N) is 1. The van der Waals surface area contributed by atoms with Gasteiger partial charge < -0.3 is 5.32 Å². The van der Waals surface area contributed by atoms with Gasteiger partial charge in [0.25, 0.3) is 11.6 Å². The number of hydrogen-bond donors (Lipinski definition) is 1. The molecule has 0 aliphatic carbocycles.